The molecule has 0 spiro atoms. The molecule has 0 N–H and O–H groups in total. The lowest BCUT2D eigenvalue weighted by Crippen LogP contribution is -2.42. The van der Waals surface area contributed by atoms with Crippen LogP contribution >= 0.6 is 0 Å². The van der Waals surface area contributed by atoms with Gasteiger partial charge < -0.3 is 14.5 Å². The normalized spacial score (nSPS) is 22.0. The number of piperidine rings is 2. The molecule has 0 bridgehead atoms. The van der Waals surface area contributed by atoms with Crippen LogP contribution in [0.15, 0.2) is 6.07 Å². The lowest BCUT2D eigenvalue weighted by atomic mass is 9.94. The molecule has 0 saturated carbocycles. The highest BCUT2D eigenvalue weighted by molar-refractivity contribution is 5.68. The summed E-state index contributed by atoms with van der Waals surface area (Å²) in [4.78, 5) is 26.1. The van der Waals surface area contributed by atoms with Crippen LogP contribution in [-0.4, -0.2) is 52.7 Å². The highest BCUT2D eigenvalue weighted by atomic mass is 16.6. The molecule has 0 radical (unpaired) electrons. The molecule has 0 unspecified atom stereocenters. The van der Waals surface area contributed by atoms with Gasteiger partial charge in [-0.2, -0.15) is 0 Å². The van der Waals surface area contributed by atoms with Crippen molar-refractivity contribution in [2.45, 2.75) is 71.8 Å². The topological polar surface area (TPSA) is 58.6 Å². The fourth-order valence-electron chi connectivity index (χ4n) is 3.89. The Hall–Kier alpha value is -1.85. The molecule has 0 aliphatic carbocycles. The molecular formula is C21H34N4O2. The summed E-state index contributed by atoms with van der Waals surface area (Å²) in [6.45, 7) is 13.6. The lowest BCUT2D eigenvalue weighted by molar-refractivity contribution is 0.0197. The third kappa shape index (κ3) is 5.33. The Labute approximate surface area is 163 Å². The number of carbonyl (C=O) groups excluding carboxylic acids is 1. The summed E-state index contributed by atoms with van der Waals surface area (Å²) in [6, 6.07) is 2.15. The number of aryl methyl sites for hydroxylation is 1. The van der Waals surface area contributed by atoms with Gasteiger partial charge in [-0.3, -0.25) is 0 Å². The van der Waals surface area contributed by atoms with Gasteiger partial charge in [0.05, 0.1) is 5.69 Å². The quantitative estimate of drug-likeness (QED) is 0.779. The molecule has 27 heavy (non-hydrogen) atoms. The van der Waals surface area contributed by atoms with Gasteiger partial charge in [0.25, 0.3) is 0 Å². The first-order valence-electron chi connectivity index (χ1n) is 10.3. The van der Waals surface area contributed by atoms with E-state index in [0.717, 1.165) is 55.7 Å². The number of hydrogen-bond donors (Lipinski definition) is 0. The van der Waals surface area contributed by atoms with Gasteiger partial charge in [-0.15, -0.1) is 0 Å². The number of nitrogens with zero attached hydrogens (tertiary/aromatic N) is 4. The van der Waals surface area contributed by atoms with Gasteiger partial charge in [-0.05, 0) is 59.3 Å². The van der Waals surface area contributed by atoms with E-state index >= 15 is 0 Å². The van der Waals surface area contributed by atoms with Crippen molar-refractivity contribution in [3.8, 4) is 0 Å². The van der Waals surface area contributed by atoms with E-state index in [0.29, 0.717) is 6.54 Å². The van der Waals surface area contributed by atoms with Crippen LogP contribution in [0, 0.1) is 12.8 Å². The molecule has 6 heteroatoms. The lowest BCUT2D eigenvalue weighted by Gasteiger charge is -2.35. The summed E-state index contributed by atoms with van der Waals surface area (Å²) >= 11 is 0. The zero-order valence-corrected chi connectivity index (χ0v) is 17.5. The fourth-order valence-corrected chi connectivity index (χ4v) is 3.89. The SMILES string of the molecule is Cc1nc([C@@H]2CCCN(C(=O)OC(C)(C)C)C2)cc(N2CCC(C)CC2)n1. The Bertz CT molecular complexity index is 663. The van der Waals surface area contributed by atoms with E-state index in [2.05, 4.69) is 22.9 Å². The zero-order valence-electron chi connectivity index (χ0n) is 17.5. The van der Waals surface area contributed by atoms with E-state index < -0.39 is 5.60 Å². The highest BCUT2D eigenvalue weighted by Crippen LogP contribution is 2.30. The maximum atomic E-state index is 12.5. The Balaban J connectivity index is 1.72. The van der Waals surface area contributed by atoms with E-state index in [1.165, 1.54) is 12.8 Å². The number of aromatic nitrogens is 2. The summed E-state index contributed by atoms with van der Waals surface area (Å²) in [7, 11) is 0. The summed E-state index contributed by atoms with van der Waals surface area (Å²) in [5.41, 5.74) is 0.595. The fraction of sp³-hybridized carbons (Fsp3) is 0.762. The molecule has 6 nitrogen and oxygen atoms in total. The molecule has 0 aromatic carbocycles. The second-order valence-corrected chi connectivity index (χ2v) is 9.13. The number of likely N-dealkylation sites (tertiary alicyclic amines) is 1. The molecule has 2 aliphatic heterocycles. The first-order valence-corrected chi connectivity index (χ1v) is 10.3. The molecule has 2 aliphatic rings. The van der Waals surface area contributed by atoms with E-state index in [1.54, 1.807) is 0 Å². The van der Waals surface area contributed by atoms with Gasteiger partial charge in [0, 0.05) is 38.2 Å². The number of anilines is 1. The van der Waals surface area contributed by atoms with Gasteiger partial charge in [-0.1, -0.05) is 6.92 Å². The molecule has 1 atom stereocenters. The van der Waals surface area contributed by atoms with Crippen LogP contribution in [-0.2, 0) is 4.74 Å². The van der Waals surface area contributed by atoms with Crippen LogP contribution in [0.2, 0.25) is 0 Å². The molecule has 1 amide bonds. The van der Waals surface area contributed by atoms with Gasteiger partial charge in [0.15, 0.2) is 0 Å². The summed E-state index contributed by atoms with van der Waals surface area (Å²) < 4.78 is 5.56. The minimum atomic E-state index is -0.464. The van der Waals surface area contributed by atoms with Crippen molar-refractivity contribution in [2.24, 2.45) is 5.92 Å². The zero-order chi connectivity index (χ0) is 19.6. The maximum Gasteiger partial charge on any atom is 0.410 e. The van der Waals surface area contributed by atoms with Crippen LogP contribution in [0.4, 0.5) is 10.6 Å². The minimum absolute atomic E-state index is 0.219. The van der Waals surface area contributed by atoms with Crippen LogP contribution in [0.5, 0.6) is 0 Å². The highest BCUT2D eigenvalue weighted by Gasteiger charge is 2.29. The smallest absolute Gasteiger partial charge is 0.410 e. The molecule has 3 heterocycles. The van der Waals surface area contributed by atoms with Crippen molar-refractivity contribution in [3.63, 3.8) is 0 Å². The molecule has 1 aromatic rings. The van der Waals surface area contributed by atoms with Crippen molar-refractivity contribution in [1.29, 1.82) is 0 Å². The number of rotatable bonds is 2. The Kier molecular flexibility index (Phi) is 5.92. The van der Waals surface area contributed by atoms with Crippen molar-refractivity contribution in [1.82, 2.24) is 14.9 Å². The molecule has 1 aromatic heterocycles. The van der Waals surface area contributed by atoms with Gasteiger partial charge in [0.1, 0.15) is 17.2 Å². The Morgan fingerprint density at radius 3 is 2.52 bits per heavy atom. The molecule has 2 fully saturated rings. The third-order valence-electron chi connectivity index (χ3n) is 5.44. The third-order valence-corrected chi connectivity index (χ3v) is 5.44. The minimum Gasteiger partial charge on any atom is -0.444 e. The summed E-state index contributed by atoms with van der Waals surface area (Å²) in [5.74, 6) is 2.90. The molecule has 3 rings (SSSR count). The summed E-state index contributed by atoms with van der Waals surface area (Å²) in [6.07, 6.45) is 4.24. The van der Waals surface area contributed by atoms with E-state index in [1.807, 2.05) is 32.6 Å². The predicted molar refractivity (Wildman–Crippen MR) is 107 cm³/mol. The average molecular weight is 375 g/mol. The Morgan fingerprint density at radius 1 is 1.15 bits per heavy atom. The van der Waals surface area contributed by atoms with Crippen molar-refractivity contribution in [2.75, 3.05) is 31.1 Å². The number of carbonyl (C=O) groups is 1. The van der Waals surface area contributed by atoms with Crippen LogP contribution < -0.4 is 4.90 Å². The summed E-state index contributed by atoms with van der Waals surface area (Å²) in [5, 5.41) is 0. The first kappa shape index (κ1) is 19.9. The second kappa shape index (κ2) is 8.03. The van der Waals surface area contributed by atoms with E-state index in [9.17, 15) is 4.79 Å². The van der Waals surface area contributed by atoms with Crippen molar-refractivity contribution >= 4 is 11.9 Å². The number of ether oxygens (including phenoxy) is 1. The van der Waals surface area contributed by atoms with Crippen LogP contribution in [0.3, 0.4) is 0 Å². The van der Waals surface area contributed by atoms with E-state index in [4.69, 9.17) is 9.72 Å². The monoisotopic (exact) mass is 374 g/mol. The molecular weight excluding hydrogens is 340 g/mol. The standard InChI is InChI=1S/C21H34N4O2/c1-15-8-11-24(12-9-15)19-13-18(22-16(2)23-19)17-7-6-10-25(14-17)20(26)27-21(3,4)5/h13,15,17H,6-12,14H2,1-5H3/t17-/m1/s1. The van der Waals surface area contributed by atoms with Gasteiger partial charge >= 0.3 is 6.09 Å². The van der Waals surface area contributed by atoms with Gasteiger partial charge in [0.2, 0.25) is 0 Å². The van der Waals surface area contributed by atoms with Crippen molar-refractivity contribution < 1.29 is 9.53 Å². The predicted octanol–water partition coefficient (Wildman–Crippen LogP) is 4.14. The largest absolute Gasteiger partial charge is 0.444 e. The second-order valence-electron chi connectivity index (χ2n) is 9.13. The van der Waals surface area contributed by atoms with E-state index in [-0.39, 0.29) is 12.0 Å². The van der Waals surface area contributed by atoms with Crippen molar-refractivity contribution in [3.05, 3.63) is 17.6 Å². The van der Waals surface area contributed by atoms with Crippen LogP contribution in [0.1, 0.15) is 70.8 Å². The average Bonchev–Trinajstić information content (AvgIpc) is 2.60. The number of hydrogen-bond acceptors (Lipinski definition) is 5. The molecule has 150 valence electrons. The number of amides is 1. The molecule has 2 saturated heterocycles. The maximum absolute atomic E-state index is 12.5. The Morgan fingerprint density at radius 2 is 1.85 bits per heavy atom. The van der Waals surface area contributed by atoms with Crippen LogP contribution in [0.25, 0.3) is 0 Å². The van der Waals surface area contributed by atoms with Gasteiger partial charge in [-0.25, -0.2) is 14.8 Å². The first-order chi connectivity index (χ1) is 12.7.